The smallest absolute Gasteiger partial charge is 0.255 e. The number of amides is 1. The minimum Gasteiger partial charge on any atom is -0.398 e. The van der Waals surface area contributed by atoms with Crippen LogP contribution in [-0.2, 0) is 0 Å². The Morgan fingerprint density at radius 1 is 1.26 bits per heavy atom. The Morgan fingerprint density at radius 3 is 2.47 bits per heavy atom. The summed E-state index contributed by atoms with van der Waals surface area (Å²) in [5.74, 6) is 0.000988. The van der Waals surface area contributed by atoms with Gasteiger partial charge in [-0.25, -0.2) is 0 Å². The van der Waals surface area contributed by atoms with E-state index in [1.165, 1.54) is 25.7 Å². The predicted molar refractivity (Wildman–Crippen MR) is 79.4 cm³/mol. The van der Waals surface area contributed by atoms with Crippen molar-refractivity contribution in [3.8, 4) is 0 Å². The van der Waals surface area contributed by atoms with Gasteiger partial charge in [0.2, 0.25) is 0 Å². The molecule has 0 bridgehead atoms. The van der Waals surface area contributed by atoms with Crippen molar-refractivity contribution in [2.24, 2.45) is 0 Å². The summed E-state index contributed by atoms with van der Waals surface area (Å²) in [4.78, 5) is 14.3. The van der Waals surface area contributed by atoms with Crippen LogP contribution < -0.4 is 5.73 Å². The first-order chi connectivity index (χ1) is 9.09. The molecule has 1 fully saturated rings. The van der Waals surface area contributed by atoms with Crippen LogP contribution in [0, 0.1) is 0 Å². The maximum absolute atomic E-state index is 12.5. The molecule has 0 unspecified atom stereocenters. The van der Waals surface area contributed by atoms with Crippen LogP contribution in [0.1, 0.15) is 48.9 Å². The number of hydrogen-bond donors (Lipinski definition) is 1. The predicted octanol–water partition coefficient (Wildman–Crippen LogP) is 3.72. The van der Waals surface area contributed by atoms with E-state index < -0.39 is 0 Å². The molecule has 0 saturated heterocycles. The molecule has 1 aromatic carbocycles. The van der Waals surface area contributed by atoms with E-state index in [1.807, 2.05) is 11.9 Å². The Kier molecular flexibility index (Phi) is 4.70. The molecule has 3 nitrogen and oxygen atoms in total. The van der Waals surface area contributed by atoms with E-state index in [1.54, 1.807) is 18.2 Å². The van der Waals surface area contributed by atoms with Crippen molar-refractivity contribution in [2.45, 2.75) is 44.6 Å². The van der Waals surface area contributed by atoms with E-state index in [4.69, 9.17) is 17.3 Å². The van der Waals surface area contributed by atoms with E-state index in [2.05, 4.69) is 0 Å². The average Bonchev–Trinajstić information content (AvgIpc) is 2.66. The second kappa shape index (κ2) is 6.29. The number of nitrogens with zero attached hydrogens (tertiary/aromatic N) is 1. The summed E-state index contributed by atoms with van der Waals surface area (Å²) >= 11 is 5.87. The summed E-state index contributed by atoms with van der Waals surface area (Å²) in [5, 5.41) is 0.561. The largest absolute Gasteiger partial charge is 0.398 e. The molecule has 104 valence electrons. The first-order valence-corrected chi connectivity index (χ1v) is 7.29. The number of nitrogens with two attached hydrogens (primary N) is 1. The first kappa shape index (κ1) is 14.2. The van der Waals surface area contributed by atoms with Crippen molar-refractivity contribution in [1.29, 1.82) is 0 Å². The number of anilines is 1. The highest BCUT2D eigenvalue weighted by atomic mass is 35.5. The van der Waals surface area contributed by atoms with E-state index in [0.717, 1.165) is 12.8 Å². The van der Waals surface area contributed by atoms with Gasteiger partial charge in [0.05, 0.1) is 5.56 Å². The molecule has 0 radical (unpaired) electrons. The van der Waals surface area contributed by atoms with Crippen LogP contribution in [0.25, 0.3) is 0 Å². The van der Waals surface area contributed by atoms with Gasteiger partial charge in [-0.1, -0.05) is 37.3 Å². The third kappa shape index (κ3) is 3.41. The molecule has 19 heavy (non-hydrogen) atoms. The summed E-state index contributed by atoms with van der Waals surface area (Å²) in [6.07, 6.45) is 7.16. The normalized spacial score (nSPS) is 16.9. The second-order valence-corrected chi connectivity index (χ2v) is 5.73. The van der Waals surface area contributed by atoms with Crippen LogP contribution in [0.3, 0.4) is 0 Å². The molecule has 0 heterocycles. The molecule has 1 saturated carbocycles. The van der Waals surface area contributed by atoms with Crippen LogP contribution in [0.2, 0.25) is 5.02 Å². The van der Waals surface area contributed by atoms with Crippen LogP contribution in [0.4, 0.5) is 5.69 Å². The fourth-order valence-electron chi connectivity index (χ4n) is 2.73. The lowest BCUT2D eigenvalue weighted by Gasteiger charge is -2.27. The molecule has 1 aromatic rings. The van der Waals surface area contributed by atoms with Crippen LogP contribution >= 0.6 is 11.6 Å². The molecule has 1 amide bonds. The number of carbonyl (C=O) groups excluding carboxylic acids is 1. The Hall–Kier alpha value is -1.22. The Morgan fingerprint density at radius 2 is 1.89 bits per heavy atom. The topological polar surface area (TPSA) is 46.3 Å². The van der Waals surface area contributed by atoms with Crippen LogP contribution in [0.15, 0.2) is 18.2 Å². The standard InChI is InChI=1S/C15H21ClN2O/c1-18(12-6-4-2-3-5-7-12)15(19)13-9-8-11(16)10-14(13)17/h8-10,12H,2-7,17H2,1H3. The molecule has 2 rings (SSSR count). The number of carbonyl (C=O) groups is 1. The molecule has 1 aliphatic rings. The maximum atomic E-state index is 12.5. The minimum absolute atomic E-state index is 0.000988. The molecular formula is C15H21ClN2O. The molecule has 0 spiro atoms. The maximum Gasteiger partial charge on any atom is 0.255 e. The number of nitrogen functional groups attached to an aromatic ring is 1. The highest BCUT2D eigenvalue weighted by Crippen LogP contribution is 2.24. The molecular weight excluding hydrogens is 260 g/mol. The molecule has 0 aliphatic heterocycles. The Balaban J connectivity index is 2.13. The molecule has 4 heteroatoms. The summed E-state index contributed by atoms with van der Waals surface area (Å²) in [6, 6.07) is 5.40. The SMILES string of the molecule is CN(C(=O)c1ccc(Cl)cc1N)C1CCCCCC1. The van der Waals surface area contributed by atoms with E-state index in [-0.39, 0.29) is 5.91 Å². The highest BCUT2D eigenvalue weighted by molar-refractivity contribution is 6.31. The first-order valence-electron chi connectivity index (χ1n) is 6.92. The molecule has 1 aliphatic carbocycles. The van der Waals surface area contributed by atoms with Gasteiger partial charge < -0.3 is 10.6 Å². The zero-order chi connectivity index (χ0) is 13.8. The molecule has 0 atom stereocenters. The van der Waals surface area contributed by atoms with Gasteiger partial charge in [-0.05, 0) is 31.0 Å². The Labute approximate surface area is 119 Å². The van der Waals surface area contributed by atoms with Gasteiger partial charge in [0.25, 0.3) is 5.91 Å². The average molecular weight is 281 g/mol. The lowest BCUT2D eigenvalue weighted by Crippen LogP contribution is -2.37. The number of benzene rings is 1. The van der Waals surface area contributed by atoms with Crippen molar-refractivity contribution in [3.05, 3.63) is 28.8 Å². The van der Waals surface area contributed by atoms with Gasteiger partial charge in [-0.3, -0.25) is 4.79 Å². The molecule has 2 N–H and O–H groups in total. The van der Waals surface area contributed by atoms with Gasteiger partial charge in [-0.2, -0.15) is 0 Å². The van der Waals surface area contributed by atoms with Crippen LogP contribution in [-0.4, -0.2) is 23.9 Å². The summed E-state index contributed by atoms with van der Waals surface area (Å²) in [5.41, 5.74) is 6.90. The second-order valence-electron chi connectivity index (χ2n) is 5.29. The Bertz CT molecular complexity index is 453. The number of rotatable bonds is 2. The lowest BCUT2D eigenvalue weighted by molar-refractivity contribution is 0.0719. The van der Waals surface area contributed by atoms with Crippen molar-refractivity contribution >= 4 is 23.2 Å². The quantitative estimate of drug-likeness (QED) is 0.663. The van der Waals surface area contributed by atoms with Gasteiger partial charge >= 0.3 is 0 Å². The fraction of sp³-hybridized carbons (Fsp3) is 0.533. The van der Waals surface area contributed by atoms with Gasteiger partial charge in [0.1, 0.15) is 0 Å². The summed E-state index contributed by atoms with van der Waals surface area (Å²) in [7, 11) is 1.88. The lowest BCUT2D eigenvalue weighted by atomic mass is 10.1. The minimum atomic E-state index is 0.000988. The number of hydrogen-bond acceptors (Lipinski definition) is 2. The zero-order valence-corrected chi connectivity index (χ0v) is 12.1. The van der Waals surface area contributed by atoms with Crippen molar-refractivity contribution < 1.29 is 4.79 Å². The molecule has 0 aromatic heterocycles. The highest BCUT2D eigenvalue weighted by Gasteiger charge is 2.23. The van der Waals surface area contributed by atoms with Gasteiger partial charge in [-0.15, -0.1) is 0 Å². The van der Waals surface area contributed by atoms with Crippen molar-refractivity contribution in [1.82, 2.24) is 4.90 Å². The van der Waals surface area contributed by atoms with Gasteiger partial charge in [0.15, 0.2) is 0 Å². The van der Waals surface area contributed by atoms with E-state index in [0.29, 0.717) is 22.3 Å². The van der Waals surface area contributed by atoms with Gasteiger partial charge in [0, 0.05) is 23.8 Å². The van der Waals surface area contributed by atoms with E-state index in [9.17, 15) is 4.79 Å². The number of halogens is 1. The zero-order valence-electron chi connectivity index (χ0n) is 11.4. The monoisotopic (exact) mass is 280 g/mol. The third-order valence-electron chi connectivity index (χ3n) is 3.94. The van der Waals surface area contributed by atoms with Crippen molar-refractivity contribution in [2.75, 3.05) is 12.8 Å². The van der Waals surface area contributed by atoms with E-state index >= 15 is 0 Å². The van der Waals surface area contributed by atoms with Crippen molar-refractivity contribution in [3.63, 3.8) is 0 Å². The summed E-state index contributed by atoms with van der Waals surface area (Å²) in [6.45, 7) is 0. The summed E-state index contributed by atoms with van der Waals surface area (Å²) < 4.78 is 0. The fourth-order valence-corrected chi connectivity index (χ4v) is 2.91. The van der Waals surface area contributed by atoms with Crippen LogP contribution in [0.5, 0.6) is 0 Å². The third-order valence-corrected chi connectivity index (χ3v) is 4.17.